The summed E-state index contributed by atoms with van der Waals surface area (Å²) >= 11 is 17.6. The molecule has 0 saturated heterocycles. The molecule has 0 atom stereocenters. The maximum absolute atomic E-state index is 12.0. The van der Waals surface area contributed by atoms with Crippen molar-refractivity contribution in [2.45, 2.75) is 0 Å². The van der Waals surface area contributed by atoms with Gasteiger partial charge in [0.05, 0.1) is 16.3 Å². The first-order valence-corrected chi connectivity index (χ1v) is 10.8. The molecule has 0 saturated carbocycles. The minimum Gasteiger partial charge on any atom is -0.484 e. The summed E-state index contributed by atoms with van der Waals surface area (Å²) in [5.74, 6) is -1.75. The van der Waals surface area contributed by atoms with Crippen molar-refractivity contribution in [2.24, 2.45) is 5.10 Å². The van der Waals surface area contributed by atoms with Crippen molar-refractivity contribution in [1.29, 1.82) is 0 Å². The highest BCUT2D eigenvalue weighted by molar-refractivity contribution is 6.42. The molecule has 3 N–H and O–H groups in total. The standard InChI is InChI=1S/C23H17Cl3N4O4/c24-15-2-1-3-16(10-15)29-22(32)23(33)30-27-12-14-4-7-18(8-5-14)34-13-21(31)28-17-6-9-19(25)20(26)11-17/h1-12H,13H2,(H,28,31)(H,29,32)(H,30,33)/b27-12-. The predicted molar refractivity (Wildman–Crippen MR) is 133 cm³/mol. The summed E-state index contributed by atoms with van der Waals surface area (Å²) in [5.41, 5.74) is 3.65. The summed E-state index contributed by atoms with van der Waals surface area (Å²) in [6, 6.07) is 17.7. The lowest BCUT2D eigenvalue weighted by molar-refractivity contribution is -0.136. The fourth-order valence-corrected chi connectivity index (χ4v) is 3.03. The molecule has 3 aromatic carbocycles. The summed E-state index contributed by atoms with van der Waals surface area (Å²) < 4.78 is 5.44. The minimum absolute atomic E-state index is 0.217. The Balaban J connectivity index is 1.43. The Kier molecular flexibility index (Phi) is 8.86. The van der Waals surface area contributed by atoms with E-state index in [4.69, 9.17) is 39.5 Å². The maximum Gasteiger partial charge on any atom is 0.329 e. The van der Waals surface area contributed by atoms with Gasteiger partial charge in [0, 0.05) is 16.4 Å². The van der Waals surface area contributed by atoms with E-state index in [0.717, 1.165) is 0 Å². The highest BCUT2D eigenvalue weighted by atomic mass is 35.5. The molecule has 0 fully saturated rings. The summed E-state index contributed by atoms with van der Waals surface area (Å²) in [7, 11) is 0. The van der Waals surface area contributed by atoms with Crippen LogP contribution >= 0.6 is 34.8 Å². The van der Waals surface area contributed by atoms with E-state index in [2.05, 4.69) is 21.2 Å². The van der Waals surface area contributed by atoms with Crippen LogP contribution in [-0.4, -0.2) is 30.5 Å². The number of amides is 3. The van der Waals surface area contributed by atoms with Gasteiger partial charge in [-0.15, -0.1) is 0 Å². The van der Waals surface area contributed by atoms with Crippen LogP contribution in [0.3, 0.4) is 0 Å². The number of nitrogens with zero attached hydrogens (tertiary/aromatic N) is 1. The number of hydrogen-bond acceptors (Lipinski definition) is 5. The van der Waals surface area contributed by atoms with E-state index in [9.17, 15) is 14.4 Å². The predicted octanol–water partition coefficient (Wildman–Crippen LogP) is 4.75. The average molecular weight is 520 g/mol. The van der Waals surface area contributed by atoms with Crippen molar-refractivity contribution in [1.82, 2.24) is 5.43 Å². The van der Waals surface area contributed by atoms with Crippen molar-refractivity contribution in [3.63, 3.8) is 0 Å². The van der Waals surface area contributed by atoms with Gasteiger partial charge in [0.15, 0.2) is 6.61 Å². The second kappa shape index (κ2) is 12.0. The number of benzene rings is 3. The molecule has 34 heavy (non-hydrogen) atoms. The van der Waals surface area contributed by atoms with Crippen LogP contribution in [-0.2, 0) is 14.4 Å². The molecular formula is C23H17Cl3N4O4. The second-order valence-electron chi connectivity index (χ2n) is 6.70. The first-order valence-electron chi connectivity index (χ1n) is 9.68. The Labute approximate surface area is 209 Å². The fourth-order valence-electron chi connectivity index (χ4n) is 2.54. The molecule has 3 rings (SSSR count). The number of anilines is 2. The first kappa shape index (κ1) is 25.0. The molecule has 11 heteroatoms. The topological polar surface area (TPSA) is 109 Å². The Morgan fingerprint density at radius 3 is 2.26 bits per heavy atom. The van der Waals surface area contributed by atoms with Gasteiger partial charge in [0.1, 0.15) is 5.75 Å². The third-order valence-corrected chi connectivity index (χ3v) is 5.10. The number of carbonyl (C=O) groups excluding carboxylic acids is 3. The fraction of sp³-hybridized carbons (Fsp3) is 0.0435. The van der Waals surface area contributed by atoms with E-state index < -0.39 is 11.8 Å². The Hall–Kier alpha value is -3.59. The summed E-state index contributed by atoms with van der Waals surface area (Å²) in [4.78, 5) is 35.8. The monoisotopic (exact) mass is 518 g/mol. The van der Waals surface area contributed by atoms with E-state index in [1.807, 2.05) is 0 Å². The molecule has 3 aromatic rings. The largest absolute Gasteiger partial charge is 0.484 e. The molecule has 0 bridgehead atoms. The molecule has 8 nitrogen and oxygen atoms in total. The highest BCUT2D eigenvalue weighted by Crippen LogP contribution is 2.25. The van der Waals surface area contributed by atoms with Crippen LogP contribution in [0.2, 0.25) is 15.1 Å². The number of ether oxygens (including phenoxy) is 1. The van der Waals surface area contributed by atoms with Crippen LogP contribution in [0, 0.1) is 0 Å². The SMILES string of the molecule is O=C(COc1ccc(/C=N\NC(=O)C(=O)Nc2cccc(Cl)c2)cc1)Nc1ccc(Cl)c(Cl)c1. The minimum atomic E-state index is -0.941. The van der Waals surface area contributed by atoms with Crippen LogP contribution in [0.4, 0.5) is 11.4 Å². The summed E-state index contributed by atoms with van der Waals surface area (Å²) in [5, 5.41) is 9.95. The van der Waals surface area contributed by atoms with Gasteiger partial charge in [-0.05, 0) is 66.2 Å². The third kappa shape index (κ3) is 7.77. The van der Waals surface area contributed by atoms with Gasteiger partial charge in [-0.25, -0.2) is 5.43 Å². The molecule has 0 aliphatic rings. The zero-order valence-electron chi connectivity index (χ0n) is 17.3. The number of rotatable bonds is 7. The lowest BCUT2D eigenvalue weighted by atomic mass is 10.2. The van der Waals surface area contributed by atoms with Crippen LogP contribution in [0.25, 0.3) is 0 Å². The smallest absolute Gasteiger partial charge is 0.329 e. The molecule has 3 amide bonds. The highest BCUT2D eigenvalue weighted by Gasteiger charge is 2.13. The summed E-state index contributed by atoms with van der Waals surface area (Å²) in [6.07, 6.45) is 1.35. The average Bonchev–Trinajstić information content (AvgIpc) is 2.81. The van der Waals surface area contributed by atoms with E-state index >= 15 is 0 Å². The van der Waals surface area contributed by atoms with Gasteiger partial charge < -0.3 is 15.4 Å². The number of hydrazone groups is 1. The Bertz CT molecular complexity index is 1230. The van der Waals surface area contributed by atoms with E-state index in [-0.39, 0.29) is 12.5 Å². The molecule has 0 aromatic heterocycles. The Morgan fingerprint density at radius 1 is 0.824 bits per heavy atom. The van der Waals surface area contributed by atoms with Crippen molar-refractivity contribution in [2.75, 3.05) is 17.2 Å². The molecule has 0 unspecified atom stereocenters. The zero-order valence-corrected chi connectivity index (χ0v) is 19.6. The van der Waals surface area contributed by atoms with Crippen LogP contribution < -0.4 is 20.8 Å². The normalized spacial score (nSPS) is 10.6. The van der Waals surface area contributed by atoms with Crippen LogP contribution in [0.15, 0.2) is 71.8 Å². The van der Waals surface area contributed by atoms with Gasteiger partial charge >= 0.3 is 11.8 Å². The van der Waals surface area contributed by atoms with Gasteiger partial charge in [0.25, 0.3) is 5.91 Å². The van der Waals surface area contributed by atoms with Gasteiger partial charge in [0.2, 0.25) is 0 Å². The molecule has 0 radical (unpaired) electrons. The van der Waals surface area contributed by atoms with Gasteiger partial charge in [-0.1, -0.05) is 40.9 Å². The lowest BCUT2D eigenvalue weighted by Gasteiger charge is -2.08. The van der Waals surface area contributed by atoms with E-state index in [0.29, 0.717) is 37.8 Å². The number of carbonyl (C=O) groups is 3. The van der Waals surface area contributed by atoms with Crippen molar-refractivity contribution in [3.8, 4) is 5.75 Å². The van der Waals surface area contributed by atoms with Gasteiger partial charge in [-0.3, -0.25) is 14.4 Å². The Morgan fingerprint density at radius 2 is 1.56 bits per heavy atom. The van der Waals surface area contributed by atoms with Crippen molar-refractivity contribution >= 4 is 70.1 Å². The van der Waals surface area contributed by atoms with E-state index in [1.165, 1.54) is 18.3 Å². The molecule has 0 spiro atoms. The zero-order chi connectivity index (χ0) is 24.5. The molecular weight excluding hydrogens is 503 g/mol. The van der Waals surface area contributed by atoms with Crippen molar-refractivity contribution < 1.29 is 19.1 Å². The van der Waals surface area contributed by atoms with Crippen LogP contribution in [0.5, 0.6) is 5.75 Å². The molecule has 0 heterocycles. The molecule has 0 aliphatic heterocycles. The number of nitrogens with one attached hydrogen (secondary N) is 3. The maximum atomic E-state index is 12.0. The number of halogens is 3. The second-order valence-corrected chi connectivity index (χ2v) is 7.95. The third-order valence-electron chi connectivity index (χ3n) is 4.12. The molecule has 174 valence electrons. The van der Waals surface area contributed by atoms with Crippen molar-refractivity contribution in [3.05, 3.63) is 87.4 Å². The van der Waals surface area contributed by atoms with Gasteiger partial charge in [-0.2, -0.15) is 5.10 Å². The summed E-state index contributed by atoms with van der Waals surface area (Å²) in [6.45, 7) is -0.217. The van der Waals surface area contributed by atoms with Crippen LogP contribution in [0.1, 0.15) is 5.56 Å². The van der Waals surface area contributed by atoms with E-state index in [1.54, 1.807) is 54.6 Å². The molecule has 0 aliphatic carbocycles. The first-order chi connectivity index (χ1) is 16.3. The quantitative estimate of drug-likeness (QED) is 0.238. The number of hydrogen-bond donors (Lipinski definition) is 3. The lowest BCUT2D eigenvalue weighted by Crippen LogP contribution is -2.32.